The molecule has 2 heterocycles. The van der Waals surface area contributed by atoms with E-state index in [0.717, 1.165) is 12.1 Å². The lowest BCUT2D eigenvalue weighted by molar-refractivity contribution is 0.834. The third-order valence-electron chi connectivity index (χ3n) is 2.97. The highest BCUT2D eigenvalue weighted by atomic mass is 14.9. The van der Waals surface area contributed by atoms with Crippen molar-refractivity contribution in [2.45, 2.75) is 6.54 Å². The highest BCUT2D eigenvalue weighted by molar-refractivity contribution is 5.80. The second-order valence-corrected chi connectivity index (χ2v) is 4.16. The average molecular weight is 233 g/mol. The van der Waals surface area contributed by atoms with Crippen LogP contribution in [0.2, 0.25) is 0 Å². The summed E-state index contributed by atoms with van der Waals surface area (Å²) < 4.78 is 2.17. The summed E-state index contributed by atoms with van der Waals surface area (Å²) in [5.41, 5.74) is 2.75. The van der Waals surface area contributed by atoms with Crippen LogP contribution in [0.25, 0.3) is 10.9 Å². The molecule has 0 bridgehead atoms. The van der Waals surface area contributed by atoms with E-state index in [0.29, 0.717) is 5.69 Å². The van der Waals surface area contributed by atoms with Gasteiger partial charge >= 0.3 is 0 Å². The number of fused-ring (bicyclic) bond motifs is 1. The van der Waals surface area contributed by atoms with Crippen molar-refractivity contribution in [3.63, 3.8) is 0 Å². The molecule has 0 saturated heterocycles. The Balaban J connectivity index is 1.99. The molecule has 0 saturated carbocycles. The molecule has 3 rings (SSSR count). The van der Waals surface area contributed by atoms with E-state index in [1.54, 1.807) is 6.20 Å². The SMILES string of the molecule is N#Cc1cc(Cn2ccc3ccccc32)ccn1. The molecule has 2 aromatic heterocycles. The van der Waals surface area contributed by atoms with Gasteiger partial charge in [0.25, 0.3) is 0 Å². The zero-order chi connectivity index (χ0) is 12.4. The van der Waals surface area contributed by atoms with Gasteiger partial charge < -0.3 is 4.57 Å². The monoisotopic (exact) mass is 233 g/mol. The Morgan fingerprint density at radius 3 is 2.94 bits per heavy atom. The van der Waals surface area contributed by atoms with Gasteiger partial charge in [-0.1, -0.05) is 18.2 Å². The first-order chi connectivity index (χ1) is 8.86. The maximum Gasteiger partial charge on any atom is 0.140 e. The highest BCUT2D eigenvalue weighted by Crippen LogP contribution is 2.16. The Bertz CT molecular complexity index is 735. The number of hydrogen-bond acceptors (Lipinski definition) is 2. The fourth-order valence-electron chi connectivity index (χ4n) is 2.11. The van der Waals surface area contributed by atoms with Crippen molar-refractivity contribution in [3.05, 3.63) is 66.1 Å². The normalized spacial score (nSPS) is 10.4. The summed E-state index contributed by atoms with van der Waals surface area (Å²) in [6, 6.07) is 16.2. The molecule has 18 heavy (non-hydrogen) atoms. The Hall–Kier alpha value is -2.60. The fraction of sp³-hybridized carbons (Fsp3) is 0.0667. The standard InChI is InChI=1S/C15H11N3/c16-10-14-9-12(5-7-17-14)11-18-8-6-13-3-1-2-4-15(13)18/h1-9H,11H2. The molecular formula is C15H11N3. The van der Waals surface area contributed by atoms with Crippen molar-refractivity contribution in [2.75, 3.05) is 0 Å². The second-order valence-electron chi connectivity index (χ2n) is 4.16. The molecule has 3 heteroatoms. The minimum Gasteiger partial charge on any atom is -0.343 e. The van der Waals surface area contributed by atoms with Crippen molar-refractivity contribution < 1.29 is 0 Å². The van der Waals surface area contributed by atoms with Crippen LogP contribution in [0.1, 0.15) is 11.3 Å². The van der Waals surface area contributed by atoms with Gasteiger partial charge in [-0.2, -0.15) is 5.26 Å². The Morgan fingerprint density at radius 1 is 1.17 bits per heavy atom. The molecule has 3 aromatic rings. The lowest BCUT2D eigenvalue weighted by atomic mass is 10.2. The number of aromatic nitrogens is 2. The van der Waals surface area contributed by atoms with Crippen LogP contribution in [0.15, 0.2) is 54.9 Å². The topological polar surface area (TPSA) is 41.6 Å². The molecule has 0 unspecified atom stereocenters. The molecule has 3 nitrogen and oxygen atoms in total. The zero-order valence-corrected chi connectivity index (χ0v) is 9.74. The van der Waals surface area contributed by atoms with Crippen molar-refractivity contribution in [2.24, 2.45) is 0 Å². The average Bonchev–Trinajstić information content (AvgIpc) is 2.83. The van der Waals surface area contributed by atoms with E-state index in [9.17, 15) is 0 Å². The van der Waals surface area contributed by atoms with Crippen molar-refractivity contribution in [3.8, 4) is 6.07 Å². The number of nitriles is 1. The maximum absolute atomic E-state index is 8.84. The van der Waals surface area contributed by atoms with Crippen LogP contribution in [-0.4, -0.2) is 9.55 Å². The third-order valence-corrected chi connectivity index (χ3v) is 2.97. The van der Waals surface area contributed by atoms with Crippen LogP contribution in [0, 0.1) is 11.3 Å². The molecule has 0 N–H and O–H groups in total. The minimum absolute atomic E-state index is 0.462. The summed E-state index contributed by atoms with van der Waals surface area (Å²) in [7, 11) is 0. The van der Waals surface area contributed by atoms with Gasteiger partial charge in [-0.25, -0.2) is 4.98 Å². The number of nitrogens with zero attached hydrogens (tertiary/aromatic N) is 3. The molecule has 0 aliphatic rings. The minimum atomic E-state index is 0.462. The van der Waals surface area contributed by atoms with Gasteiger partial charge in [0.1, 0.15) is 11.8 Å². The lowest BCUT2D eigenvalue weighted by Gasteiger charge is -2.05. The van der Waals surface area contributed by atoms with Crippen molar-refractivity contribution in [1.29, 1.82) is 5.26 Å². The van der Waals surface area contributed by atoms with Crippen LogP contribution >= 0.6 is 0 Å². The summed E-state index contributed by atoms with van der Waals surface area (Å²) in [5.74, 6) is 0. The van der Waals surface area contributed by atoms with Gasteiger partial charge in [0.05, 0.1) is 0 Å². The van der Waals surface area contributed by atoms with Crippen LogP contribution < -0.4 is 0 Å². The highest BCUT2D eigenvalue weighted by Gasteiger charge is 2.02. The fourth-order valence-corrected chi connectivity index (χ4v) is 2.11. The maximum atomic E-state index is 8.84. The van der Waals surface area contributed by atoms with E-state index in [2.05, 4.69) is 40.0 Å². The summed E-state index contributed by atoms with van der Waals surface area (Å²) in [4.78, 5) is 3.98. The number of rotatable bonds is 2. The Morgan fingerprint density at radius 2 is 2.06 bits per heavy atom. The Labute approximate surface area is 105 Å². The number of benzene rings is 1. The van der Waals surface area contributed by atoms with Crippen LogP contribution in [-0.2, 0) is 6.54 Å². The number of para-hydroxylation sites is 1. The summed E-state index contributed by atoms with van der Waals surface area (Å²) in [5, 5.41) is 10.1. The number of pyridine rings is 1. The smallest absolute Gasteiger partial charge is 0.140 e. The predicted octanol–water partition coefficient (Wildman–Crippen LogP) is 2.96. The molecule has 0 spiro atoms. The van der Waals surface area contributed by atoms with Gasteiger partial charge in [0, 0.05) is 24.5 Å². The molecule has 1 aromatic carbocycles. The van der Waals surface area contributed by atoms with Crippen molar-refractivity contribution >= 4 is 10.9 Å². The van der Waals surface area contributed by atoms with Gasteiger partial charge in [0.15, 0.2) is 0 Å². The second kappa shape index (κ2) is 4.34. The molecule has 0 atom stereocenters. The molecule has 0 amide bonds. The van der Waals surface area contributed by atoms with E-state index >= 15 is 0 Å². The van der Waals surface area contributed by atoms with Crippen LogP contribution in [0.5, 0.6) is 0 Å². The van der Waals surface area contributed by atoms with Crippen LogP contribution in [0.3, 0.4) is 0 Å². The summed E-state index contributed by atoms with van der Waals surface area (Å²) in [6.45, 7) is 0.755. The van der Waals surface area contributed by atoms with Gasteiger partial charge in [-0.05, 0) is 35.2 Å². The molecule has 0 aliphatic heterocycles. The first-order valence-corrected chi connectivity index (χ1v) is 5.76. The van der Waals surface area contributed by atoms with E-state index in [1.807, 2.05) is 24.3 Å². The van der Waals surface area contributed by atoms with E-state index in [-0.39, 0.29) is 0 Å². The molecular weight excluding hydrogens is 222 g/mol. The molecule has 86 valence electrons. The lowest BCUT2D eigenvalue weighted by Crippen LogP contribution is -1.98. The van der Waals surface area contributed by atoms with Gasteiger partial charge in [0.2, 0.25) is 0 Å². The summed E-state index contributed by atoms with van der Waals surface area (Å²) in [6.07, 6.45) is 3.75. The van der Waals surface area contributed by atoms with Crippen LogP contribution in [0.4, 0.5) is 0 Å². The largest absolute Gasteiger partial charge is 0.343 e. The quantitative estimate of drug-likeness (QED) is 0.682. The van der Waals surface area contributed by atoms with Gasteiger partial charge in [-0.3, -0.25) is 0 Å². The Kier molecular flexibility index (Phi) is 2.54. The van der Waals surface area contributed by atoms with E-state index < -0.39 is 0 Å². The predicted molar refractivity (Wildman–Crippen MR) is 70.0 cm³/mol. The summed E-state index contributed by atoms with van der Waals surface area (Å²) >= 11 is 0. The number of hydrogen-bond donors (Lipinski definition) is 0. The van der Waals surface area contributed by atoms with E-state index in [1.165, 1.54) is 10.9 Å². The molecule has 0 radical (unpaired) electrons. The van der Waals surface area contributed by atoms with Gasteiger partial charge in [-0.15, -0.1) is 0 Å². The first-order valence-electron chi connectivity index (χ1n) is 5.76. The van der Waals surface area contributed by atoms with E-state index in [4.69, 9.17) is 5.26 Å². The van der Waals surface area contributed by atoms with Crippen molar-refractivity contribution in [1.82, 2.24) is 9.55 Å². The third kappa shape index (κ3) is 1.85. The molecule has 0 fully saturated rings. The zero-order valence-electron chi connectivity index (χ0n) is 9.74. The molecule has 0 aliphatic carbocycles. The first kappa shape index (κ1) is 10.5.